The van der Waals surface area contributed by atoms with Crippen LogP contribution in [0.3, 0.4) is 0 Å². The third-order valence-electron chi connectivity index (χ3n) is 4.88. The van der Waals surface area contributed by atoms with E-state index in [4.69, 9.17) is 11.6 Å². The quantitative estimate of drug-likeness (QED) is 0.676. The molecule has 0 aliphatic heterocycles. The number of carbonyl (C=O) groups is 2. The highest BCUT2D eigenvalue weighted by Crippen LogP contribution is 2.25. The van der Waals surface area contributed by atoms with Crippen LogP contribution in [-0.4, -0.2) is 43.7 Å². The van der Waals surface area contributed by atoms with Crippen molar-refractivity contribution >= 4 is 39.1 Å². The van der Waals surface area contributed by atoms with Crippen molar-refractivity contribution in [2.75, 3.05) is 12.4 Å². The molecule has 1 fully saturated rings. The smallest absolute Gasteiger partial charge is 0.257 e. The van der Waals surface area contributed by atoms with E-state index in [-0.39, 0.29) is 33.5 Å². The number of hydrogen-bond acceptors (Lipinski definition) is 4. The lowest BCUT2D eigenvalue weighted by Crippen LogP contribution is -2.33. The molecule has 0 aromatic heterocycles. The van der Waals surface area contributed by atoms with E-state index in [1.807, 2.05) is 0 Å². The zero-order chi connectivity index (χ0) is 22.1. The first-order chi connectivity index (χ1) is 14.1. The van der Waals surface area contributed by atoms with Crippen molar-refractivity contribution < 1.29 is 18.0 Å². The van der Waals surface area contributed by atoms with Gasteiger partial charge in [-0.1, -0.05) is 17.7 Å². The molecule has 9 heteroatoms. The lowest BCUT2D eigenvalue weighted by molar-refractivity contribution is 0.0949. The third-order valence-corrected chi connectivity index (χ3v) is 7.24. The molecule has 0 unspecified atom stereocenters. The van der Waals surface area contributed by atoms with Gasteiger partial charge in [0, 0.05) is 30.4 Å². The Labute approximate surface area is 181 Å². The molecule has 0 spiro atoms. The summed E-state index contributed by atoms with van der Waals surface area (Å²) in [4.78, 5) is 25.0. The molecular formula is C21H24ClN3O4S. The Kier molecular flexibility index (Phi) is 6.50. The Morgan fingerprint density at radius 2 is 1.80 bits per heavy atom. The number of rotatable bonds is 7. The van der Waals surface area contributed by atoms with Crippen LogP contribution in [-0.2, 0) is 10.0 Å². The SMILES string of the molecule is CC(C)N(C)S(=O)(=O)c1ccc(Cl)c(C(=O)Nc2cccc(C(=O)NC3CC3)c2)c1. The van der Waals surface area contributed by atoms with Crippen LogP contribution < -0.4 is 10.6 Å². The summed E-state index contributed by atoms with van der Waals surface area (Å²) >= 11 is 6.16. The number of hydrogen-bond donors (Lipinski definition) is 2. The first-order valence-electron chi connectivity index (χ1n) is 9.59. The van der Waals surface area contributed by atoms with Gasteiger partial charge in [-0.25, -0.2) is 8.42 Å². The maximum absolute atomic E-state index is 12.8. The number of benzene rings is 2. The maximum Gasteiger partial charge on any atom is 0.257 e. The van der Waals surface area contributed by atoms with E-state index in [9.17, 15) is 18.0 Å². The molecule has 2 aromatic carbocycles. The van der Waals surface area contributed by atoms with Crippen molar-refractivity contribution in [3.8, 4) is 0 Å². The molecule has 2 amide bonds. The Morgan fingerprint density at radius 1 is 1.10 bits per heavy atom. The zero-order valence-corrected chi connectivity index (χ0v) is 18.5. The van der Waals surface area contributed by atoms with Gasteiger partial charge < -0.3 is 10.6 Å². The fourth-order valence-corrected chi connectivity index (χ4v) is 4.31. The summed E-state index contributed by atoms with van der Waals surface area (Å²) in [5.74, 6) is -0.763. The fraction of sp³-hybridized carbons (Fsp3) is 0.333. The average Bonchev–Trinajstić information content (AvgIpc) is 3.51. The first kappa shape index (κ1) is 22.3. The Morgan fingerprint density at radius 3 is 2.43 bits per heavy atom. The summed E-state index contributed by atoms with van der Waals surface area (Å²) in [6.45, 7) is 3.51. The first-order valence-corrected chi connectivity index (χ1v) is 11.4. The fourth-order valence-electron chi connectivity index (χ4n) is 2.72. The van der Waals surface area contributed by atoms with E-state index in [0.29, 0.717) is 11.3 Å². The number of carbonyl (C=O) groups excluding carboxylic acids is 2. The minimum Gasteiger partial charge on any atom is -0.349 e. The summed E-state index contributed by atoms with van der Waals surface area (Å²) < 4.78 is 26.7. The average molecular weight is 450 g/mol. The molecule has 160 valence electrons. The molecule has 0 radical (unpaired) electrons. The van der Waals surface area contributed by atoms with Crippen molar-refractivity contribution in [2.45, 2.75) is 43.7 Å². The van der Waals surface area contributed by atoms with Crippen molar-refractivity contribution in [3.05, 3.63) is 58.6 Å². The van der Waals surface area contributed by atoms with E-state index in [0.717, 1.165) is 12.8 Å². The third kappa shape index (κ3) is 5.00. The molecule has 1 aliphatic carbocycles. The van der Waals surface area contributed by atoms with Gasteiger partial charge in [-0.2, -0.15) is 4.31 Å². The maximum atomic E-state index is 12.8. The summed E-state index contributed by atoms with van der Waals surface area (Å²) in [5.41, 5.74) is 0.871. The van der Waals surface area contributed by atoms with Gasteiger partial charge in [-0.3, -0.25) is 9.59 Å². The van der Waals surface area contributed by atoms with Crippen LogP contribution in [0.15, 0.2) is 47.4 Å². The Hall–Kier alpha value is -2.42. The molecule has 1 saturated carbocycles. The van der Waals surface area contributed by atoms with Gasteiger partial charge in [-0.15, -0.1) is 0 Å². The van der Waals surface area contributed by atoms with Crippen LogP contribution in [0.2, 0.25) is 5.02 Å². The van der Waals surface area contributed by atoms with E-state index >= 15 is 0 Å². The summed E-state index contributed by atoms with van der Waals surface area (Å²) in [7, 11) is -2.29. The molecule has 0 bridgehead atoms. The highest BCUT2D eigenvalue weighted by Gasteiger charge is 2.26. The number of amides is 2. The molecule has 0 atom stereocenters. The lowest BCUT2D eigenvalue weighted by atomic mass is 10.1. The molecular weight excluding hydrogens is 426 g/mol. The van der Waals surface area contributed by atoms with Gasteiger partial charge in [0.2, 0.25) is 10.0 Å². The number of anilines is 1. The van der Waals surface area contributed by atoms with Crippen molar-refractivity contribution in [3.63, 3.8) is 0 Å². The van der Waals surface area contributed by atoms with Crippen LogP contribution in [0.25, 0.3) is 0 Å². The Bertz CT molecular complexity index is 1080. The molecule has 1 aliphatic rings. The predicted octanol–water partition coefficient (Wildman–Crippen LogP) is 3.51. The second-order valence-electron chi connectivity index (χ2n) is 7.54. The van der Waals surface area contributed by atoms with Gasteiger partial charge >= 0.3 is 0 Å². The van der Waals surface area contributed by atoms with Crippen LogP contribution in [0.4, 0.5) is 5.69 Å². The normalized spacial score (nSPS) is 14.1. The van der Waals surface area contributed by atoms with Gasteiger partial charge in [0.05, 0.1) is 15.5 Å². The van der Waals surface area contributed by atoms with Gasteiger partial charge in [0.1, 0.15) is 0 Å². The van der Waals surface area contributed by atoms with Crippen molar-refractivity contribution in [1.82, 2.24) is 9.62 Å². The van der Waals surface area contributed by atoms with E-state index < -0.39 is 15.9 Å². The van der Waals surface area contributed by atoms with E-state index in [1.54, 1.807) is 38.1 Å². The Balaban J connectivity index is 1.83. The van der Waals surface area contributed by atoms with Gasteiger partial charge in [-0.05, 0) is 63.1 Å². The lowest BCUT2D eigenvalue weighted by Gasteiger charge is -2.21. The summed E-state index contributed by atoms with van der Waals surface area (Å²) in [6, 6.07) is 10.5. The zero-order valence-electron chi connectivity index (χ0n) is 17.0. The number of halogens is 1. The van der Waals surface area contributed by atoms with E-state index in [2.05, 4.69) is 10.6 Å². The highest BCUT2D eigenvalue weighted by molar-refractivity contribution is 7.89. The molecule has 0 saturated heterocycles. The van der Waals surface area contributed by atoms with Gasteiger partial charge in [0.15, 0.2) is 0 Å². The topological polar surface area (TPSA) is 95.6 Å². The number of nitrogens with one attached hydrogen (secondary N) is 2. The van der Waals surface area contributed by atoms with Crippen LogP contribution in [0, 0.1) is 0 Å². The molecule has 3 rings (SSSR count). The monoisotopic (exact) mass is 449 g/mol. The standard InChI is InChI=1S/C21H24ClN3O4S/c1-13(2)25(3)30(28,29)17-9-10-19(22)18(12-17)21(27)24-16-6-4-5-14(11-16)20(26)23-15-7-8-15/h4-6,9-13,15H,7-8H2,1-3H3,(H,23,26)(H,24,27). The van der Waals surface area contributed by atoms with Crippen molar-refractivity contribution in [2.24, 2.45) is 0 Å². The number of sulfonamides is 1. The van der Waals surface area contributed by atoms with Crippen molar-refractivity contribution in [1.29, 1.82) is 0 Å². The molecule has 0 heterocycles. The number of nitrogens with zero attached hydrogens (tertiary/aromatic N) is 1. The van der Waals surface area contributed by atoms with Gasteiger partial charge in [0.25, 0.3) is 11.8 Å². The predicted molar refractivity (Wildman–Crippen MR) is 116 cm³/mol. The summed E-state index contributed by atoms with van der Waals surface area (Å²) in [5, 5.41) is 5.70. The molecule has 2 aromatic rings. The second kappa shape index (κ2) is 8.75. The highest BCUT2D eigenvalue weighted by atomic mass is 35.5. The molecule has 2 N–H and O–H groups in total. The van der Waals surface area contributed by atoms with E-state index in [1.165, 1.54) is 29.6 Å². The van der Waals surface area contributed by atoms with Crippen LogP contribution in [0.5, 0.6) is 0 Å². The summed E-state index contributed by atoms with van der Waals surface area (Å²) in [6.07, 6.45) is 1.96. The largest absolute Gasteiger partial charge is 0.349 e. The van der Waals surface area contributed by atoms with Crippen LogP contribution >= 0.6 is 11.6 Å². The molecule has 30 heavy (non-hydrogen) atoms. The minimum absolute atomic E-state index is 0.0224. The minimum atomic E-state index is -3.77. The van der Waals surface area contributed by atoms with Crippen LogP contribution in [0.1, 0.15) is 47.4 Å². The second-order valence-corrected chi connectivity index (χ2v) is 9.94. The molecule has 7 nitrogen and oxygen atoms in total.